The monoisotopic (exact) mass is 1340 g/mol. The molecule has 0 bridgehead atoms. The van der Waals surface area contributed by atoms with Gasteiger partial charge in [0.25, 0.3) is 7.82 Å². The number of phosphoric ester groups is 1. The molecule has 0 rings (SSSR count). The van der Waals surface area contributed by atoms with E-state index in [0.29, 0.717) is 17.4 Å². The fourth-order valence-electron chi connectivity index (χ4n) is 12.0. The lowest BCUT2D eigenvalue weighted by molar-refractivity contribution is -0.870. The third-order valence-corrected chi connectivity index (χ3v) is 19.2. The van der Waals surface area contributed by atoms with Crippen molar-refractivity contribution in [2.24, 2.45) is 0 Å². The van der Waals surface area contributed by atoms with E-state index in [1.54, 1.807) is 0 Å². The molecule has 0 saturated heterocycles. The van der Waals surface area contributed by atoms with Crippen LogP contribution in [0.15, 0.2) is 72.9 Å². The van der Waals surface area contributed by atoms with Crippen LogP contribution in [0, 0.1) is 0 Å². The topological polar surface area (TPSA) is 111 Å². The average Bonchev–Trinajstić information content (AvgIpc) is 1.56. The molecule has 0 saturated carbocycles. The zero-order valence-electron chi connectivity index (χ0n) is 62.9. The molecular weight excluding hydrogens is 1180 g/mol. The lowest BCUT2D eigenvalue weighted by Gasteiger charge is -2.28. The van der Waals surface area contributed by atoms with E-state index in [1.807, 2.05) is 21.1 Å². The summed E-state index contributed by atoms with van der Waals surface area (Å²) in [5, 5.41) is 0. The smallest absolute Gasteiger partial charge is 0.306 e. The molecule has 0 aliphatic rings. The van der Waals surface area contributed by atoms with Crippen LogP contribution >= 0.6 is 7.82 Å². The maximum absolute atomic E-state index is 12.9. The SMILES string of the molecule is CC/C=C\C/C=C\C/C=C\C/C=C\C/C=C\CCCCCCCCCCCCCCCCCCCCCCCC(=O)OC(COC(=O)CCCCCCCCCCCCCCCCCCCCCCC/C=C\CCCCCCCCCC)COP(=O)([O-])OCC[N+](C)(C)C. The summed E-state index contributed by atoms with van der Waals surface area (Å²) in [5.74, 6) is -0.811. The van der Waals surface area contributed by atoms with Gasteiger partial charge in [0.1, 0.15) is 19.8 Å². The van der Waals surface area contributed by atoms with Gasteiger partial charge in [0.05, 0.1) is 27.7 Å². The second-order valence-electron chi connectivity index (χ2n) is 28.8. The molecule has 0 aromatic heterocycles. The largest absolute Gasteiger partial charge is 0.756 e. The number of rotatable bonds is 76. The van der Waals surface area contributed by atoms with Gasteiger partial charge in [0.15, 0.2) is 6.10 Å². The third kappa shape index (κ3) is 78.4. The zero-order valence-corrected chi connectivity index (χ0v) is 63.8. The second kappa shape index (κ2) is 74.7. The maximum Gasteiger partial charge on any atom is 0.306 e. The summed E-state index contributed by atoms with van der Waals surface area (Å²) in [5.41, 5.74) is 0. The van der Waals surface area contributed by atoms with Crippen LogP contribution in [0.3, 0.4) is 0 Å². The van der Waals surface area contributed by atoms with Gasteiger partial charge in [0.2, 0.25) is 0 Å². The lowest BCUT2D eigenvalue weighted by atomic mass is 10.0. The molecule has 0 aromatic rings. The number of unbranched alkanes of at least 4 members (excludes halogenated alkanes) is 50. The van der Waals surface area contributed by atoms with Crippen LogP contribution in [-0.2, 0) is 32.7 Å². The Labute approximate surface area is 584 Å². The molecule has 10 heteroatoms. The predicted molar refractivity (Wildman–Crippen MR) is 406 cm³/mol. The zero-order chi connectivity index (χ0) is 68.3. The number of allylic oxidation sites excluding steroid dienone is 12. The van der Waals surface area contributed by atoms with Crippen LogP contribution in [0.4, 0.5) is 0 Å². The van der Waals surface area contributed by atoms with Crippen molar-refractivity contribution < 1.29 is 42.1 Å². The van der Waals surface area contributed by atoms with Gasteiger partial charge < -0.3 is 27.9 Å². The second-order valence-corrected chi connectivity index (χ2v) is 30.2. The Bertz CT molecular complexity index is 1820. The standard InChI is InChI=1S/C84H156NO8P/c1-6-8-10-12-14-16-18-20-22-24-26-28-30-32-34-36-38-40-41-42-43-45-47-49-51-53-55-57-59-61-63-65-67-69-71-73-75-77-84(87)93-82(81-92-94(88,89)91-79-78-85(3,4)5)80-90-83(86)76-74-72-70-68-66-64-62-60-58-56-54-52-50-48-46-44-39-37-35-33-31-29-27-25-23-21-19-17-15-13-11-9-7-2/h8,10,14,16,20,22,25-28,32,34,82H,6-7,9,11-13,15,17-19,21,23-24,29-31,33,35-81H2,1-5H3/b10-8-,16-14-,22-20-,27-25-,28-26-,34-32-. The van der Waals surface area contributed by atoms with Crippen LogP contribution in [0.5, 0.6) is 0 Å². The summed E-state index contributed by atoms with van der Waals surface area (Å²) >= 11 is 0. The first kappa shape index (κ1) is 91.4. The Morgan fingerprint density at radius 1 is 0.340 bits per heavy atom. The van der Waals surface area contributed by atoms with Crippen LogP contribution in [-0.4, -0.2) is 70.0 Å². The molecule has 0 N–H and O–H groups in total. The maximum atomic E-state index is 12.9. The first-order chi connectivity index (χ1) is 46.0. The van der Waals surface area contributed by atoms with Gasteiger partial charge in [0, 0.05) is 12.8 Å². The van der Waals surface area contributed by atoms with Crippen LogP contribution in [0.1, 0.15) is 399 Å². The van der Waals surface area contributed by atoms with Crippen molar-refractivity contribution in [1.29, 1.82) is 0 Å². The number of likely N-dealkylation sites (N-methyl/N-ethyl adjacent to an activating group) is 1. The number of carbonyl (C=O) groups is 2. The lowest BCUT2D eigenvalue weighted by Crippen LogP contribution is -2.37. The molecule has 9 nitrogen and oxygen atoms in total. The Morgan fingerprint density at radius 2 is 0.606 bits per heavy atom. The Morgan fingerprint density at radius 3 is 0.915 bits per heavy atom. The molecule has 2 atom stereocenters. The number of carbonyl (C=O) groups excluding carboxylic acids is 2. The van der Waals surface area contributed by atoms with Crippen molar-refractivity contribution in [3.63, 3.8) is 0 Å². The third-order valence-electron chi connectivity index (χ3n) is 18.2. The molecule has 94 heavy (non-hydrogen) atoms. The molecule has 0 aliphatic heterocycles. The molecule has 0 spiro atoms. The molecule has 0 aromatic carbocycles. The Kier molecular flexibility index (Phi) is 72.6. The number of nitrogens with zero attached hydrogens (tertiary/aromatic N) is 1. The van der Waals surface area contributed by atoms with Gasteiger partial charge in [-0.15, -0.1) is 0 Å². The van der Waals surface area contributed by atoms with E-state index in [-0.39, 0.29) is 32.0 Å². The summed E-state index contributed by atoms with van der Waals surface area (Å²) in [6.07, 6.45) is 102. The number of hydrogen-bond acceptors (Lipinski definition) is 8. The van der Waals surface area contributed by atoms with Crippen molar-refractivity contribution in [3.05, 3.63) is 72.9 Å². The van der Waals surface area contributed by atoms with Crippen molar-refractivity contribution in [3.8, 4) is 0 Å². The van der Waals surface area contributed by atoms with E-state index in [1.165, 1.54) is 302 Å². The minimum absolute atomic E-state index is 0.0290. The first-order valence-electron chi connectivity index (χ1n) is 40.6. The highest BCUT2D eigenvalue weighted by Crippen LogP contribution is 2.38. The van der Waals surface area contributed by atoms with Gasteiger partial charge in [-0.25, -0.2) is 0 Å². The summed E-state index contributed by atoms with van der Waals surface area (Å²) in [7, 11) is 1.19. The molecule has 0 radical (unpaired) electrons. The van der Waals surface area contributed by atoms with Crippen molar-refractivity contribution in [1.82, 2.24) is 0 Å². The highest BCUT2D eigenvalue weighted by atomic mass is 31.2. The normalized spacial score (nSPS) is 13.4. The van der Waals surface area contributed by atoms with E-state index in [9.17, 15) is 19.0 Å². The average molecular weight is 1340 g/mol. The molecule has 550 valence electrons. The molecule has 0 fully saturated rings. The van der Waals surface area contributed by atoms with Gasteiger partial charge in [-0.05, 0) is 83.5 Å². The van der Waals surface area contributed by atoms with Gasteiger partial charge >= 0.3 is 11.9 Å². The number of ether oxygens (including phenoxy) is 2. The summed E-state index contributed by atoms with van der Waals surface area (Å²) in [4.78, 5) is 38.2. The van der Waals surface area contributed by atoms with Crippen molar-refractivity contribution in [2.45, 2.75) is 405 Å². The fourth-order valence-corrected chi connectivity index (χ4v) is 12.8. The van der Waals surface area contributed by atoms with Crippen LogP contribution in [0.2, 0.25) is 0 Å². The molecule has 2 unspecified atom stereocenters. The summed E-state index contributed by atoms with van der Waals surface area (Å²) in [6.45, 7) is 4.19. The Hall–Kier alpha value is -2.55. The van der Waals surface area contributed by atoms with Gasteiger partial charge in [-0.2, -0.15) is 0 Å². The van der Waals surface area contributed by atoms with Gasteiger partial charge in [-0.3, -0.25) is 14.2 Å². The predicted octanol–water partition coefficient (Wildman–Crippen LogP) is 26.4. The minimum atomic E-state index is -4.64. The van der Waals surface area contributed by atoms with E-state index >= 15 is 0 Å². The Balaban J connectivity index is 3.91. The van der Waals surface area contributed by atoms with Crippen molar-refractivity contribution in [2.75, 3.05) is 47.5 Å². The number of hydrogen-bond donors (Lipinski definition) is 0. The van der Waals surface area contributed by atoms with E-state index in [0.717, 1.165) is 64.2 Å². The van der Waals surface area contributed by atoms with Crippen LogP contribution in [0.25, 0.3) is 0 Å². The summed E-state index contributed by atoms with van der Waals surface area (Å²) in [6, 6.07) is 0. The molecular formula is C84H156NO8P. The van der Waals surface area contributed by atoms with Crippen molar-refractivity contribution >= 4 is 19.8 Å². The van der Waals surface area contributed by atoms with E-state index < -0.39 is 26.5 Å². The first-order valence-corrected chi connectivity index (χ1v) is 42.1. The van der Waals surface area contributed by atoms with Crippen LogP contribution < -0.4 is 4.89 Å². The number of esters is 2. The fraction of sp³-hybridized carbons (Fsp3) is 0.833. The minimum Gasteiger partial charge on any atom is -0.756 e. The van der Waals surface area contributed by atoms with E-state index in [4.69, 9.17) is 18.5 Å². The molecule has 0 aliphatic carbocycles. The number of phosphoric acid groups is 1. The van der Waals surface area contributed by atoms with Gasteiger partial charge in [-0.1, -0.05) is 376 Å². The number of quaternary nitrogens is 1. The summed E-state index contributed by atoms with van der Waals surface area (Å²) < 4.78 is 34.4. The quantitative estimate of drug-likeness (QED) is 0.0195. The molecule has 0 heterocycles. The highest BCUT2D eigenvalue weighted by Gasteiger charge is 2.22. The molecule has 0 amide bonds. The van der Waals surface area contributed by atoms with E-state index in [2.05, 4.69) is 86.8 Å². The highest BCUT2D eigenvalue weighted by molar-refractivity contribution is 7.45.